The smallest absolute Gasteiger partial charge is 0.0871 e. The summed E-state index contributed by atoms with van der Waals surface area (Å²) in [6.45, 7) is 4.18. The SMILES string of the molecule is Cc1ccc(C2CCC(=NO)c3cc(C)ccc32)cc1. The highest BCUT2D eigenvalue weighted by atomic mass is 16.4. The van der Waals surface area contributed by atoms with Crippen LogP contribution in [0.2, 0.25) is 0 Å². The van der Waals surface area contributed by atoms with Gasteiger partial charge in [-0.25, -0.2) is 0 Å². The molecule has 2 nitrogen and oxygen atoms in total. The summed E-state index contributed by atoms with van der Waals surface area (Å²) in [5.74, 6) is 0.400. The fraction of sp³-hybridized carbons (Fsp3) is 0.278. The van der Waals surface area contributed by atoms with Gasteiger partial charge in [-0.1, -0.05) is 52.7 Å². The zero-order valence-electron chi connectivity index (χ0n) is 11.9. The fourth-order valence-corrected chi connectivity index (χ4v) is 3.04. The molecule has 2 aromatic rings. The maximum atomic E-state index is 9.21. The molecule has 3 rings (SSSR count). The van der Waals surface area contributed by atoms with Crippen molar-refractivity contribution in [2.75, 3.05) is 0 Å². The van der Waals surface area contributed by atoms with Crippen LogP contribution in [-0.4, -0.2) is 10.9 Å². The summed E-state index contributed by atoms with van der Waals surface area (Å²) in [4.78, 5) is 0. The van der Waals surface area contributed by atoms with E-state index >= 15 is 0 Å². The lowest BCUT2D eigenvalue weighted by Gasteiger charge is -2.27. The lowest BCUT2D eigenvalue weighted by Crippen LogP contribution is -2.17. The second-order valence-electron chi connectivity index (χ2n) is 5.64. The molecule has 0 radical (unpaired) electrons. The first-order valence-corrected chi connectivity index (χ1v) is 7.07. The van der Waals surface area contributed by atoms with Crippen molar-refractivity contribution < 1.29 is 5.21 Å². The van der Waals surface area contributed by atoms with Crippen molar-refractivity contribution in [1.29, 1.82) is 0 Å². The number of aryl methyl sites for hydroxylation is 2. The summed E-state index contributed by atoms with van der Waals surface area (Å²) in [6.07, 6.45) is 1.82. The predicted octanol–water partition coefficient (Wildman–Crippen LogP) is 4.41. The number of fused-ring (bicyclic) bond motifs is 1. The number of nitrogens with zero attached hydrogens (tertiary/aromatic N) is 1. The van der Waals surface area contributed by atoms with Crippen LogP contribution in [0, 0.1) is 13.8 Å². The van der Waals surface area contributed by atoms with E-state index < -0.39 is 0 Å². The summed E-state index contributed by atoms with van der Waals surface area (Å²) >= 11 is 0. The second kappa shape index (κ2) is 5.12. The standard InChI is InChI=1S/C18H19NO/c1-12-3-6-14(7-4-12)15-9-10-18(19-20)17-11-13(2)5-8-16(15)17/h3-8,11,15,20H,9-10H2,1-2H3. The highest BCUT2D eigenvalue weighted by molar-refractivity contribution is 6.03. The minimum atomic E-state index is 0.400. The summed E-state index contributed by atoms with van der Waals surface area (Å²) in [7, 11) is 0. The van der Waals surface area contributed by atoms with Gasteiger partial charge in [0.05, 0.1) is 5.71 Å². The molecule has 2 heteroatoms. The Balaban J connectivity index is 2.10. The molecule has 0 aromatic heterocycles. The summed E-state index contributed by atoms with van der Waals surface area (Å²) in [5.41, 5.74) is 7.02. The average Bonchev–Trinajstić information content (AvgIpc) is 2.47. The number of hydrogen-bond acceptors (Lipinski definition) is 2. The van der Waals surface area contributed by atoms with Crippen LogP contribution in [0.1, 0.15) is 46.6 Å². The van der Waals surface area contributed by atoms with E-state index in [0.717, 1.165) is 24.1 Å². The normalized spacial score (nSPS) is 19.9. The molecule has 2 aromatic carbocycles. The van der Waals surface area contributed by atoms with Gasteiger partial charge in [0.1, 0.15) is 0 Å². The van der Waals surface area contributed by atoms with Crippen LogP contribution >= 0.6 is 0 Å². The van der Waals surface area contributed by atoms with Crippen molar-refractivity contribution in [3.05, 3.63) is 70.3 Å². The van der Waals surface area contributed by atoms with E-state index in [2.05, 4.69) is 61.5 Å². The van der Waals surface area contributed by atoms with E-state index in [1.54, 1.807) is 0 Å². The molecule has 0 saturated heterocycles. The minimum Gasteiger partial charge on any atom is -0.411 e. The fourth-order valence-electron chi connectivity index (χ4n) is 3.04. The molecule has 1 unspecified atom stereocenters. The molecule has 0 heterocycles. The molecule has 1 N–H and O–H groups in total. The molecule has 0 fully saturated rings. The zero-order chi connectivity index (χ0) is 14.1. The third-order valence-electron chi connectivity index (χ3n) is 4.17. The Hall–Kier alpha value is -2.09. The van der Waals surface area contributed by atoms with Gasteiger partial charge >= 0.3 is 0 Å². The van der Waals surface area contributed by atoms with E-state index in [4.69, 9.17) is 0 Å². The molecule has 1 aliphatic carbocycles. The van der Waals surface area contributed by atoms with E-state index in [0.29, 0.717) is 5.92 Å². The summed E-state index contributed by atoms with van der Waals surface area (Å²) in [5, 5.41) is 12.7. The first kappa shape index (κ1) is 12.9. The maximum Gasteiger partial charge on any atom is 0.0871 e. The van der Waals surface area contributed by atoms with Crippen LogP contribution in [0.25, 0.3) is 0 Å². The molecular formula is C18H19NO. The lowest BCUT2D eigenvalue weighted by atomic mass is 9.77. The summed E-state index contributed by atoms with van der Waals surface area (Å²) < 4.78 is 0. The molecule has 1 atom stereocenters. The van der Waals surface area contributed by atoms with Crippen molar-refractivity contribution in [2.24, 2.45) is 5.16 Å². The van der Waals surface area contributed by atoms with Crippen LogP contribution in [0.4, 0.5) is 0 Å². The van der Waals surface area contributed by atoms with Gasteiger partial charge in [-0.2, -0.15) is 0 Å². The zero-order valence-corrected chi connectivity index (χ0v) is 11.9. The van der Waals surface area contributed by atoms with Gasteiger partial charge in [-0.15, -0.1) is 0 Å². The van der Waals surface area contributed by atoms with Gasteiger partial charge in [0.2, 0.25) is 0 Å². The van der Waals surface area contributed by atoms with Crippen LogP contribution in [0.3, 0.4) is 0 Å². The Morgan fingerprint density at radius 3 is 2.40 bits per heavy atom. The Bertz CT molecular complexity index is 656. The highest BCUT2D eigenvalue weighted by Crippen LogP contribution is 2.37. The quantitative estimate of drug-likeness (QED) is 0.601. The Morgan fingerprint density at radius 1 is 1.00 bits per heavy atom. The van der Waals surface area contributed by atoms with Crippen molar-refractivity contribution in [1.82, 2.24) is 0 Å². The molecule has 0 spiro atoms. The van der Waals surface area contributed by atoms with Gasteiger partial charge in [-0.3, -0.25) is 0 Å². The first-order chi connectivity index (χ1) is 9.69. The van der Waals surface area contributed by atoms with Gasteiger partial charge < -0.3 is 5.21 Å². The summed E-state index contributed by atoms with van der Waals surface area (Å²) in [6, 6.07) is 15.2. The van der Waals surface area contributed by atoms with Crippen LogP contribution in [0.5, 0.6) is 0 Å². The van der Waals surface area contributed by atoms with Gasteiger partial charge in [0.15, 0.2) is 0 Å². The molecule has 1 aliphatic rings. The topological polar surface area (TPSA) is 32.6 Å². The average molecular weight is 265 g/mol. The number of oxime groups is 1. The largest absolute Gasteiger partial charge is 0.411 e. The van der Waals surface area contributed by atoms with E-state index in [-0.39, 0.29) is 0 Å². The first-order valence-electron chi connectivity index (χ1n) is 7.07. The molecule has 102 valence electrons. The highest BCUT2D eigenvalue weighted by Gasteiger charge is 2.25. The lowest BCUT2D eigenvalue weighted by molar-refractivity contribution is 0.317. The van der Waals surface area contributed by atoms with Crippen LogP contribution in [0.15, 0.2) is 47.6 Å². The van der Waals surface area contributed by atoms with E-state index in [9.17, 15) is 5.21 Å². The second-order valence-corrected chi connectivity index (χ2v) is 5.64. The van der Waals surface area contributed by atoms with Crippen molar-refractivity contribution in [3.63, 3.8) is 0 Å². The third kappa shape index (κ3) is 2.22. The maximum absolute atomic E-state index is 9.21. The van der Waals surface area contributed by atoms with Crippen molar-refractivity contribution in [2.45, 2.75) is 32.6 Å². The molecule has 0 saturated carbocycles. The number of rotatable bonds is 1. The van der Waals surface area contributed by atoms with Crippen LogP contribution in [-0.2, 0) is 0 Å². The third-order valence-corrected chi connectivity index (χ3v) is 4.17. The van der Waals surface area contributed by atoms with E-state index in [1.807, 2.05) is 0 Å². The van der Waals surface area contributed by atoms with E-state index in [1.165, 1.54) is 22.3 Å². The van der Waals surface area contributed by atoms with Crippen molar-refractivity contribution >= 4 is 5.71 Å². The molecule has 20 heavy (non-hydrogen) atoms. The number of hydrogen-bond donors (Lipinski definition) is 1. The Kier molecular flexibility index (Phi) is 3.31. The predicted molar refractivity (Wildman–Crippen MR) is 81.8 cm³/mol. The van der Waals surface area contributed by atoms with Gasteiger partial charge in [0, 0.05) is 11.5 Å². The molecule has 0 aliphatic heterocycles. The molecule has 0 amide bonds. The van der Waals surface area contributed by atoms with Crippen molar-refractivity contribution in [3.8, 4) is 0 Å². The molecular weight excluding hydrogens is 246 g/mol. The van der Waals surface area contributed by atoms with Crippen LogP contribution < -0.4 is 0 Å². The number of benzene rings is 2. The van der Waals surface area contributed by atoms with Gasteiger partial charge in [-0.05, 0) is 43.9 Å². The Morgan fingerprint density at radius 2 is 1.70 bits per heavy atom. The Labute approximate surface area is 119 Å². The molecule has 0 bridgehead atoms. The minimum absolute atomic E-state index is 0.400. The van der Waals surface area contributed by atoms with Gasteiger partial charge in [0.25, 0.3) is 0 Å². The monoisotopic (exact) mass is 265 g/mol.